The molecular weight excluding hydrogens is 859 g/mol. The van der Waals surface area contributed by atoms with Gasteiger partial charge >= 0.3 is 11.9 Å². The van der Waals surface area contributed by atoms with Gasteiger partial charge in [0.15, 0.2) is 24.4 Å². The normalized spacial score (nSPS) is 26.9. The third-order valence-electron chi connectivity index (χ3n) is 11.4. The first-order valence-corrected chi connectivity index (χ1v) is 22.4. The largest absolute Gasteiger partial charge is 0.453 e. The lowest BCUT2D eigenvalue weighted by atomic mass is 9.95. The van der Waals surface area contributed by atoms with Gasteiger partial charge in [-0.2, -0.15) is 0 Å². The summed E-state index contributed by atoms with van der Waals surface area (Å²) in [5, 5.41) is 4.36. The highest BCUT2D eigenvalue weighted by molar-refractivity contribution is 5.96. The number of methoxy groups -OCH3 is 1. The molecule has 3 fully saturated rings. The Hall–Kier alpha value is -5.65. The van der Waals surface area contributed by atoms with Gasteiger partial charge in [0, 0.05) is 12.7 Å². The van der Waals surface area contributed by atoms with Crippen LogP contribution >= 0.6 is 0 Å². The van der Waals surface area contributed by atoms with Crippen molar-refractivity contribution in [1.82, 2.24) is 0 Å². The SMILES string of the molecule is CO[C@H]1O[C@H](COC2O[C@@H]3COC(c4ccccc4)O[C@H]3[C@H](OC(=O)C(C)(C)C)/C2=N/OC(=O)c2ccccc2)[C@@H](OCc2ccccc2)[C@H](OCc2ccccc2)[C@H]1OCc1ccccc1. The van der Waals surface area contributed by atoms with Crippen LogP contribution in [0.1, 0.15) is 59.7 Å². The summed E-state index contributed by atoms with van der Waals surface area (Å²) in [6.07, 6.45) is -9.40. The van der Waals surface area contributed by atoms with E-state index in [9.17, 15) is 9.59 Å². The van der Waals surface area contributed by atoms with E-state index in [0.29, 0.717) is 0 Å². The maximum Gasteiger partial charge on any atom is 0.365 e. The van der Waals surface area contributed by atoms with Gasteiger partial charge < -0.3 is 52.2 Å². The lowest BCUT2D eigenvalue weighted by molar-refractivity contribution is -0.334. The second-order valence-electron chi connectivity index (χ2n) is 17.4. The smallest absolute Gasteiger partial charge is 0.365 e. The number of rotatable bonds is 17. The fraction of sp³-hybridized carbons (Fsp3) is 0.377. The van der Waals surface area contributed by atoms with Gasteiger partial charge in [-0.15, -0.1) is 0 Å². The fourth-order valence-electron chi connectivity index (χ4n) is 7.86. The molecule has 3 aliphatic rings. The average Bonchev–Trinajstić information content (AvgIpc) is 3.36. The van der Waals surface area contributed by atoms with Crippen molar-refractivity contribution in [1.29, 1.82) is 0 Å². The van der Waals surface area contributed by atoms with E-state index in [1.807, 2.05) is 121 Å². The highest BCUT2D eigenvalue weighted by atomic mass is 16.8. The summed E-state index contributed by atoms with van der Waals surface area (Å²) in [7, 11) is 1.54. The van der Waals surface area contributed by atoms with E-state index in [1.54, 1.807) is 51.1 Å². The van der Waals surface area contributed by atoms with Crippen molar-refractivity contribution < 1.29 is 61.8 Å². The lowest BCUT2D eigenvalue weighted by Crippen LogP contribution is -2.64. The highest BCUT2D eigenvalue weighted by Crippen LogP contribution is 2.37. The van der Waals surface area contributed by atoms with Gasteiger partial charge in [0.05, 0.1) is 44.0 Å². The van der Waals surface area contributed by atoms with Gasteiger partial charge in [-0.05, 0) is 49.6 Å². The second-order valence-corrected chi connectivity index (χ2v) is 17.4. The van der Waals surface area contributed by atoms with Gasteiger partial charge in [0.25, 0.3) is 0 Å². The molecule has 67 heavy (non-hydrogen) atoms. The maximum absolute atomic E-state index is 13.8. The molecule has 5 aromatic rings. The van der Waals surface area contributed by atoms with E-state index in [1.165, 1.54) is 7.11 Å². The molecule has 2 unspecified atom stereocenters. The van der Waals surface area contributed by atoms with Gasteiger partial charge in [0.1, 0.15) is 36.6 Å². The van der Waals surface area contributed by atoms with Crippen LogP contribution in [0.3, 0.4) is 0 Å². The summed E-state index contributed by atoms with van der Waals surface area (Å²) in [5.41, 5.74) is 2.81. The monoisotopic (exact) mass is 915 g/mol. The molecule has 0 aromatic heterocycles. The first-order chi connectivity index (χ1) is 32.6. The van der Waals surface area contributed by atoms with Crippen LogP contribution in [0.25, 0.3) is 0 Å². The number of fused-ring (bicyclic) bond motifs is 1. The molecule has 14 nitrogen and oxygen atoms in total. The predicted molar refractivity (Wildman–Crippen MR) is 244 cm³/mol. The summed E-state index contributed by atoms with van der Waals surface area (Å²) in [5.74, 6) is -1.31. The zero-order chi connectivity index (χ0) is 46.6. The van der Waals surface area contributed by atoms with E-state index in [0.717, 1.165) is 22.3 Å². The summed E-state index contributed by atoms with van der Waals surface area (Å²) >= 11 is 0. The molecule has 0 N–H and O–H groups in total. The number of hydrogen-bond donors (Lipinski definition) is 0. The van der Waals surface area contributed by atoms with Crippen LogP contribution in [0.4, 0.5) is 0 Å². The van der Waals surface area contributed by atoms with E-state index < -0.39 is 79.0 Å². The summed E-state index contributed by atoms with van der Waals surface area (Å²) in [6, 6.07) is 47.1. The first-order valence-electron chi connectivity index (χ1n) is 22.4. The molecule has 14 heteroatoms. The van der Waals surface area contributed by atoms with Crippen molar-refractivity contribution in [3.63, 3.8) is 0 Å². The van der Waals surface area contributed by atoms with Crippen molar-refractivity contribution >= 4 is 17.7 Å². The Morgan fingerprint density at radius 1 is 0.627 bits per heavy atom. The molecule has 0 radical (unpaired) electrons. The Morgan fingerprint density at radius 2 is 1.15 bits per heavy atom. The molecule has 0 spiro atoms. The number of carbonyl (C=O) groups excluding carboxylic acids is 2. The van der Waals surface area contributed by atoms with Crippen LogP contribution in [0.5, 0.6) is 0 Å². The third-order valence-corrected chi connectivity index (χ3v) is 11.4. The quantitative estimate of drug-likeness (QED) is 0.0503. The number of carbonyl (C=O) groups is 2. The van der Waals surface area contributed by atoms with Crippen LogP contribution in [0.2, 0.25) is 0 Å². The van der Waals surface area contributed by atoms with Crippen molar-refractivity contribution in [2.24, 2.45) is 10.6 Å². The summed E-state index contributed by atoms with van der Waals surface area (Å²) < 4.78 is 65.2. The number of nitrogens with zero attached hydrogens (tertiary/aromatic N) is 1. The third kappa shape index (κ3) is 12.5. The van der Waals surface area contributed by atoms with Gasteiger partial charge in [-0.25, -0.2) is 4.79 Å². The molecule has 3 heterocycles. The Morgan fingerprint density at radius 3 is 1.70 bits per heavy atom. The molecule has 3 saturated heterocycles. The van der Waals surface area contributed by atoms with Crippen molar-refractivity contribution in [3.05, 3.63) is 179 Å². The Labute approximate surface area is 390 Å². The maximum atomic E-state index is 13.8. The predicted octanol–water partition coefficient (Wildman–Crippen LogP) is 8.14. The van der Waals surface area contributed by atoms with Crippen LogP contribution < -0.4 is 0 Å². The number of ether oxygens (including phenoxy) is 10. The van der Waals surface area contributed by atoms with Crippen LogP contribution in [-0.2, 0) is 76.8 Å². The number of oxime groups is 1. The minimum atomic E-state index is -1.38. The lowest BCUT2D eigenvalue weighted by Gasteiger charge is -2.47. The molecule has 8 rings (SSSR count). The van der Waals surface area contributed by atoms with E-state index in [2.05, 4.69) is 5.16 Å². The molecule has 10 atom stereocenters. The Bertz CT molecular complexity index is 2330. The Balaban J connectivity index is 1.13. The summed E-state index contributed by atoms with van der Waals surface area (Å²) in [4.78, 5) is 32.8. The minimum Gasteiger partial charge on any atom is -0.453 e. The number of benzene rings is 5. The standard InChI is InChI=1S/C53H57NO13/c1-53(2,3)52(56)66-45-42(54-67-48(55)38-26-16-8-17-27-38)50(63-41-34-61-49(65-44(41)45)39-28-18-9-19-29-39)62-33-40-43(58-30-35-20-10-5-11-21-35)46(59-31-36-22-12-6-13-23-36)47(51(57-4)64-40)60-32-37-24-14-7-15-25-37/h5-29,40-41,43-47,49-51H,30-34H2,1-4H3/b54-42-/t40-,41-,43-,44-,45-,46+,47-,49?,50?,51+/m1/s1. The van der Waals surface area contributed by atoms with Crippen LogP contribution in [0.15, 0.2) is 157 Å². The molecular formula is C53H57NO13. The Kier molecular flexibility index (Phi) is 16.3. The zero-order valence-corrected chi connectivity index (χ0v) is 38.0. The van der Waals surface area contributed by atoms with Crippen LogP contribution in [0, 0.1) is 5.41 Å². The zero-order valence-electron chi connectivity index (χ0n) is 38.0. The number of hydrogen-bond acceptors (Lipinski definition) is 14. The van der Waals surface area contributed by atoms with E-state index in [4.69, 9.17) is 52.2 Å². The second kappa shape index (κ2) is 22.9. The molecule has 0 aliphatic carbocycles. The van der Waals surface area contributed by atoms with Crippen molar-refractivity contribution in [2.75, 3.05) is 20.3 Å². The molecule has 352 valence electrons. The van der Waals surface area contributed by atoms with Gasteiger partial charge in [-0.3, -0.25) is 4.79 Å². The first kappa shape index (κ1) is 47.8. The number of esters is 1. The fourth-order valence-corrected chi connectivity index (χ4v) is 7.86. The summed E-state index contributed by atoms with van der Waals surface area (Å²) in [6.45, 7) is 5.73. The van der Waals surface area contributed by atoms with Gasteiger partial charge in [-0.1, -0.05) is 145 Å². The topological polar surface area (TPSA) is 148 Å². The van der Waals surface area contributed by atoms with E-state index in [-0.39, 0.29) is 44.3 Å². The molecule has 0 saturated carbocycles. The molecule has 0 bridgehead atoms. The van der Waals surface area contributed by atoms with Crippen molar-refractivity contribution in [3.8, 4) is 0 Å². The van der Waals surface area contributed by atoms with Gasteiger partial charge in [0.2, 0.25) is 6.29 Å². The van der Waals surface area contributed by atoms with Crippen LogP contribution in [-0.4, -0.2) is 93.3 Å². The molecule has 0 amide bonds. The molecule has 3 aliphatic heterocycles. The average molecular weight is 916 g/mol. The minimum absolute atomic E-state index is 0.0368. The highest BCUT2D eigenvalue weighted by Gasteiger charge is 2.54. The molecule has 5 aromatic carbocycles. The van der Waals surface area contributed by atoms with Crippen molar-refractivity contribution in [2.45, 2.75) is 102 Å². The van der Waals surface area contributed by atoms with E-state index >= 15 is 0 Å².